The number of aromatic nitrogens is 3. The van der Waals surface area contributed by atoms with E-state index in [1.165, 1.54) is 6.33 Å². The smallest absolute Gasteiger partial charge is 0.242 e. The van der Waals surface area contributed by atoms with Gasteiger partial charge < -0.3 is 10.2 Å². The first-order valence-corrected chi connectivity index (χ1v) is 5.47. The van der Waals surface area contributed by atoms with Crippen LogP contribution < -0.4 is 5.32 Å². The summed E-state index contributed by atoms with van der Waals surface area (Å²) in [5, 5.41) is 6.53. The van der Waals surface area contributed by atoms with E-state index < -0.39 is 0 Å². The fourth-order valence-electron chi connectivity index (χ4n) is 1.83. The minimum atomic E-state index is -0.123. The number of carbonyl (C=O) groups excluding carboxylic acids is 2. The lowest BCUT2D eigenvalue weighted by Gasteiger charge is -2.25. The van der Waals surface area contributed by atoms with E-state index in [1.54, 1.807) is 16.6 Å². The second-order valence-electron chi connectivity index (χ2n) is 4.15. The molecule has 0 radical (unpaired) electrons. The van der Waals surface area contributed by atoms with Crippen molar-refractivity contribution in [3.05, 3.63) is 12.2 Å². The van der Waals surface area contributed by atoms with Crippen LogP contribution in [-0.4, -0.2) is 44.1 Å². The molecule has 1 aliphatic heterocycles. The molecule has 0 aromatic carbocycles. The standard InChI is InChI=1S/C10H15N5O2/c1-7-3-9(16)11-4-10(17)15(7)5-8-12-6-13-14(8)2/h6-7H,3-5H2,1-2H3,(H,11,16). The summed E-state index contributed by atoms with van der Waals surface area (Å²) in [6.45, 7) is 2.30. The van der Waals surface area contributed by atoms with Crippen molar-refractivity contribution < 1.29 is 9.59 Å². The largest absolute Gasteiger partial charge is 0.347 e. The second-order valence-corrected chi connectivity index (χ2v) is 4.15. The highest BCUT2D eigenvalue weighted by molar-refractivity contribution is 5.87. The van der Waals surface area contributed by atoms with E-state index in [2.05, 4.69) is 15.4 Å². The van der Waals surface area contributed by atoms with Gasteiger partial charge in [-0.2, -0.15) is 5.10 Å². The Balaban J connectivity index is 2.15. The van der Waals surface area contributed by atoms with Gasteiger partial charge in [-0.05, 0) is 6.92 Å². The third kappa shape index (κ3) is 2.43. The van der Waals surface area contributed by atoms with E-state index in [9.17, 15) is 9.59 Å². The van der Waals surface area contributed by atoms with Gasteiger partial charge in [0, 0.05) is 19.5 Å². The van der Waals surface area contributed by atoms with Gasteiger partial charge in [-0.25, -0.2) is 4.98 Å². The lowest BCUT2D eigenvalue weighted by Crippen LogP contribution is -2.39. The van der Waals surface area contributed by atoms with E-state index >= 15 is 0 Å². The molecule has 92 valence electrons. The number of hydrogen-bond donors (Lipinski definition) is 1. The summed E-state index contributed by atoms with van der Waals surface area (Å²) in [6.07, 6.45) is 1.77. The van der Waals surface area contributed by atoms with Gasteiger partial charge >= 0.3 is 0 Å². The Morgan fingerprint density at radius 2 is 2.29 bits per heavy atom. The zero-order valence-corrected chi connectivity index (χ0v) is 9.88. The van der Waals surface area contributed by atoms with Crippen molar-refractivity contribution in [2.24, 2.45) is 7.05 Å². The van der Waals surface area contributed by atoms with E-state index in [4.69, 9.17) is 0 Å². The molecule has 0 spiro atoms. The first kappa shape index (κ1) is 11.6. The summed E-state index contributed by atoms with van der Waals surface area (Å²) in [5.41, 5.74) is 0. The summed E-state index contributed by atoms with van der Waals surface area (Å²) in [7, 11) is 1.78. The predicted octanol–water partition coefficient (Wildman–Crippen LogP) is -0.948. The molecule has 17 heavy (non-hydrogen) atoms. The van der Waals surface area contributed by atoms with Gasteiger partial charge in [0.05, 0.1) is 13.1 Å². The number of nitrogens with zero attached hydrogens (tertiary/aromatic N) is 4. The number of hydrogen-bond acceptors (Lipinski definition) is 4. The maximum atomic E-state index is 11.9. The first-order valence-electron chi connectivity index (χ1n) is 5.47. The van der Waals surface area contributed by atoms with Crippen LogP contribution in [0.4, 0.5) is 0 Å². The highest BCUT2D eigenvalue weighted by atomic mass is 16.2. The van der Waals surface area contributed by atoms with Crippen molar-refractivity contribution in [2.75, 3.05) is 6.54 Å². The fraction of sp³-hybridized carbons (Fsp3) is 0.600. The maximum Gasteiger partial charge on any atom is 0.242 e. The van der Waals surface area contributed by atoms with Crippen LogP contribution in [0.2, 0.25) is 0 Å². The highest BCUT2D eigenvalue weighted by Gasteiger charge is 2.27. The van der Waals surface area contributed by atoms with Crippen LogP contribution in [-0.2, 0) is 23.2 Å². The van der Waals surface area contributed by atoms with Gasteiger partial charge in [0.15, 0.2) is 0 Å². The molecule has 1 saturated heterocycles. The number of rotatable bonds is 2. The molecule has 1 atom stereocenters. The molecule has 0 bridgehead atoms. The third-order valence-corrected chi connectivity index (χ3v) is 2.89. The lowest BCUT2D eigenvalue weighted by molar-refractivity contribution is -0.132. The fourth-order valence-corrected chi connectivity index (χ4v) is 1.83. The normalized spacial score (nSPS) is 21.3. The van der Waals surface area contributed by atoms with E-state index in [1.807, 2.05) is 6.92 Å². The number of aryl methyl sites for hydroxylation is 1. The van der Waals surface area contributed by atoms with E-state index in [0.29, 0.717) is 18.8 Å². The van der Waals surface area contributed by atoms with Gasteiger partial charge in [-0.15, -0.1) is 0 Å². The first-order chi connectivity index (χ1) is 8.08. The number of amides is 2. The SMILES string of the molecule is CC1CC(=O)NCC(=O)N1Cc1ncnn1C. The van der Waals surface area contributed by atoms with E-state index in [-0.39, 0.29) is 24.4 Å². The lowest BCUT2D eigenvalue weighted by atomic mass is 10.2. The van der Waals surface area contributed by atoms with Gasteiger partial charge in [0.25, 0.3) is 0 Å². The van der Waals surface area contributed by atoms with Crippen LogP contribution in [0.1, 0.15) is 19.2 Å². The molecule has 2 amide bonds. The summed E-state index contributed by atoms with van der Waals surface area (Å²) in [4.78, 5) is 28.9. The van der Waals surface area contributed by atoms with Gasteiger partial charge in [-0.1, -0.05) is 0 Å². The molecule has 2 rings (SSSR count). The van der Waals surface area contributed by atoms with Crippen molar-refractivity contribution in [1.29, 1.82) is 0 Å². The molecule has 0 aliphatic carbocycles. The molecule has 1 N–H and O–H groups in total. The average Bonchev–Trinajstić information content (AvgIpc) is 2.63. The summed E-state index contributed by atoms with van der Waals surface area (Å²) in [5.74, 6) is 0.525. The molecule has 7 nitrogen and oxygen atoms in total. The monoisotopic (exact) mass is 237 g/mol. The Bertz CT molecular complexity index is 442. The van der Waals surface area contributed by atoms with Crippen LogP contribution in [0, 0.1) is 0 Å². The molecular formula is C10H15N5O2. The topological polar surface area (TPSA) is 80.1 Å². The second kappa shape index (κ2) is 4.52. The molecule has 0 saturated carbocycles. The van der Waals surface area contributed by atoms with E-state index in [0.717, 1.165) is 0 Å². The number of nitrogens with one attached hydrogen (secondary N) is 1. The van der Waals surface area contributed by atoms with Crippen LogP contribution in [0.25, 0.3) is 0 Å². The minimum Gasteiger partial charge on any atom is -0.347 e. The Morgan fingerprint density at radius 3 is 2.94 bits per heavy atom. The third-order valence-electron chi connectivity index (χ3n) is 2.89. The van der Waals surface area contributed by atoms with Crippen LogP contribution in [0.3, 0.4) is 0 Å². The Morgan fingerprint density at radius 1 is 1.53 bits per heavy atom. The molecule has 1 aromatic heterocycles. The molecule has 2 heterocycles. The molecule has 1 aliphatic rings. The number of carbonyl (C=O) groups is 2. The molecule has 7 heteroatoms. The molecular weight excluding hydrogens is 222 g/mol. The van der Waals surface area contributed by atoms with Crippen LogP contribution in [0.15, 0.2) is 6.33 Å². The molecule has 1 fully saturated rings. The van der Waals surface area contributed by atoms with Crippen molar-refractivity contribution in [1.82, 2.24) is 25.0 Å². The minimum absolute atomic E-state index is 0.0566. The van der Waals surface area contributed by atoms with Crippen LogP contribution in [0.5, 0.6) is 0 Å². The van der Waals surface area contributed by atoms with Crippen molar-refractivity contribution >= 4 is 11.8 Å². The van der Waals surface area contributed by atoms with Crippen molar-refractivity contribution in [3.8, 4) is 0 Å². The molecule has 1 aromatic rings. The Hall–Kier alpha value is -1.92. The summed E-state index contributed by atoms with van der Waals surface area (Å²) in [6, 6.07) is -0.123. The quantitative estimate of drug-likeness (QED) is 0.719. The zero-order valence-electron chi connectivity index (χ0n) is 9.88. The average molecular weight is 237 g/mol. The molecule has 1 unspecified atom stereocenters. The van der Waals surface area contributed by atoms with Gasteiger partial charge in [0.2, 0.25) is 11.8 Å². The maximum absolute atomic E-state index is 11.9. The zero-order chi connectivity index (χ0) is 12.4. The van der Waals surface area contributed by atoms with Gasteiger partial charge in [-0.3, -0.25) is 14.3 Å². The van der Waals surface area contributed by atoms with Crippen molar-refractivity contribution in [3.63, 3.8) is 0 Å². The van der Waals surface area contributed by atoms with Gasteiger partial charge in [0.1, 0.15) is 12.2 Å². The predicted molar refractivity (Wildman–Crippen MR) is 58.6 cm³/mol. The Labute approximate surface area is 98.8 Å². The van der Waals surface area contributed by atoms with Crippen LogP contribution >= 0.6 is 0 Å². The van der Waals surface area contributed by atoms with Crippen molar-refractivity contribution in [2.45, 2.75) is 25.9 Å². The summed E-state index contributed by atoms with van der Waals surface area (Å²) >= 11 is 0. The summed E-state index contributed by atoms with van der Waals surface area (Å²) < 4.78 is 1.63. The highest BCUT2D eigenvalue weighted by Crippen LogP contribution is 2.11. The Kier molecular flexibility index (Phi) is 3.08.